The maximum atomic E-state index is 13.6. The fourth-order valence-corrected chi connectivity index (χ4v) is 2.69. The van der Waals surface area contributed by atoms with E-state index in [1.54, 1.807) is 0 Å². The number of hydrogen-bond acceptors (Lipinski definition) is 1. The lowest BCUT2D eigenvalue weighted by Crippen LogP contribution is -2.26. The standard InChI is InChI=1S/C13H16BrF2N/c1-8-2-4-10(5-3-8)17-13-11(15)6-9(14)7-12(13)16/h6-8,10,17H,2-5H2,1H3. The van der Waals surface area contributed by atoms with Gasteiger partial charge in [-0.1, -0.05) is 22.9 Å². The molecular weight excluding hydrogens is 288 g/mol. The summed E-state index contributed by atoms with van der Waals surface area (Å²) in [7, 11) is 0. The maximum absolute atomic E-state index is 13.6. The number of halogens is 3. The topological polar surface area (TPSA) is 12.0 Å². The molecule has 0 radical (unpaired) electrons. The molecule has 94 valence electrons. The summed E-state index contributed by atoms with van der Waals surface area (Å²) in [5.41, 5.74) is 0.00718. The Labute approximate surface area is 109 Å². The predicted molar refractivity (Wildman–Crippen MR) is 69.1 cm³/mol. The summed E-state index contributed by atoms with van der Waals surface area (Å²) in [5, 5.41) is 2.99. The third kappa shape index (κ3) is 3.18. The molecule has 1 fully saturated rings. The van der Waals surface area contributed by atoms with Crippen molar-refractivity contribution >= 4 is 21.6 Å². The third-order valence-corrected chi connectivity index (χ3v) is 3.83. The van der Waals surface area contributed by atoms with E-state index in [0.29, 0.717) is 4.47 Å². The highest BCUT2D eigenvalue weighted by molar-refractivity contribution is 9.10. The second-order valence-electron chi connectivity index (χ2n) is 4.85. The first kappa shape index (κ1) is 12.8. The van der Waals surface area contributed by atoms with Crippen LogP contribution in [0.2, 0.25) is 0 Å². The molecule has 1 saturated carbocycles. The van der Waals surface area contributed by atoms with E-state index in [2.05, 4.69) is 28.2 Å². The molecule has 0 heterocycles. The third-order valence-electron chi connectivity index (χ3n) is 3.37. The molecule has 1 N–H and O–H groups in total. The first-order valence-electron chi connectivity index (χ1n) is 5.97. The van der Waals surface area contributed by atoms with Crippen molar-refractivity contribution < 1.29 is 8.78 Å². The van der Waals surface area contributed by atoms with Gasteiger partial charge in [0.2, 0.25) is 0 Å². The van der Waals surface area contributed by atoms with Gasteiger partial charge >= 0.3 is 0 Å². The van der Waals surface area contributed by atoms with Crippen molar-refractivity contribution in [2.45, 2.75) is 38.6 Å². The highest BCUT2D eigenvalue weighted by Crippen LogP contribution is 2.29. The molecule has 1 aromatic carbocycles. The van der Waals surface area contributed by atoms with E-state index in [1.807, 2.05) is 0 Å². The van der Waals surface area contributed by atoms with Gasteiger partial charge in [-0.2, -0.15) is 0 Å². The van der Waals surface area contributed by atoms with Crippen molar-refractivity contribution in [2.24, 2.45) is 5.92 Å². The number of rotatable bonds is 2. The van der Waals surface area contributed by atoms with Crippen LogP contribution in [0.4, 0.5) is 14.5 Å². The molecule has 0 bridgehead atoms. The second kappa shape index (κ2) is 5.34. The Morgan fingerprint density at radius 3 is 2.18 bits per heavy atom. The van der Waals surface area contributed by atoms with Crippen LogP contribution in [0, 0.1) is 17.6 Å². The lowest BCUT2D eigenvalue weighted by atomic mass is 9.87. The average molecular weight is 304 g/mol. The largest absolute Gasteiger partial charge is 0.378 e. The summed E-state index contributed by atoms with van der Waals surface area (Å²) in [6.45, 7) is 2.22. The van der Waals surface area contributed by atoms with Gasteiger partial charge in [-0.3, -0.25) is 0 Å². The van der Waals surface area contributed by atoms with Crippen molar-refractivity contribution in [3.05, 3.63) is 28.2 Å². The summed E-state index contributed by atoms with van der Waals surface area (Å²) in [6, 6.07) is 2.77. The van der Waals surface area contributed by atoms with Crippen LogP contribution in [0.5, 0.6) is 0 Å². The molecule has 2 rings (SSSR count). The first-order valence-corrected chi connectivity index (χ1v) is 6.76. The number of hydrogen-bond donors (Lipinski definition) is 1. The van der Waals surface area contributed by atoms with E-state index in [1.165, 1.54) is 12.1 Å². The molecule has 1 nitrogen and oxygen atoms in total. The number of benzene rings is 1. The zero-order valence-electron chi connectivity index (χ0n) is 9.77. The van der Waals surface area contributed by atoms with Crippen LogP contribution in [0.25, 0.3) is 0 Å². The fraction of sp³-hybridized carbons (Fsp3) is 0.538. The zero-order chi connectivity index (χ0) is 12.4. The maximum Gasteiger partial charge on any atom is 0.150 e. The Morgan fingerprint density at radius 1 is 1.12 bits per heavy atom. The van der Waals surface area contributed by atoms with E-state index in [-0.39, 0.29) is 11.7 Å². The van der Waals surface area contributed by atoms with Gasteiger partial charge in [-0.25, -0.2) is 8.78 Å². The van der Waals surface area contributed by atoms with Crippen LogP contribution >= 0.6 is 15.9 Å². The highest BCUT2D eigenvalue weighted by atomic mass is 79.9. The van der Waals surface area contributed by atoms with Gasteiger partial charge in [0, 0.05) is 10.5 Å². The Morgan fingerprint density at radius 2 is 1.65 bits per heavy atom. The molecule has 1 aliphatic carbocycles. The minimum atomic E-state index is -0.532. The van der Waals surface area contributed by atoms with Crippen LogP contribution in [0.1, 0.15) is 32.6 Å². The summed E-state index contributed by atoms with van der Waals surface area (Å²) in [4.78, 5) is 0. The summed E-state index contributed by atoms with van der Waals surface area (Å²) < 4.78 is 27.6. The van der Waals surface area contributed by atoms with Crippen molar-refractivity contribution in [2.75, 3.05) is 5.32 Å². The highest BCUT2D eigenvalue weighted by Gasteiger charge is 2.20. The summed E-state index contributed by atoms with van der Waals surface area (Å²) >= 11 is 3.07. The van der Waals surface area contributed by atoms with Crippen LogP contribution in [0.3, 0.4) is 0 Å². The number of nitrogens with one attached hydrogen (secondary N) is 1. The van der Waals surface area contributed by atoms with E-state index < -0.39 is 11.6 Å². The first-order chi connectivity index (χ1) is 8.06. The van der Waals surface area contributed by atoms with Gasteiger partial charge in [0.05, 0.1) is 0 Å². The van der Waals surface area contributed by atoms with Crippen molar-refractivity contribution in [1.82, 2.24) is 0 Å². The molecular formula is C13H16BrF2N. The SMILES string of the molecule is CC1CCC(Nc2c(F)cc(Br)cc2F)CC1. The predicted octanol–water partition coefficient (Wildman–Crippen LogP) is 4.72. The molecule has 1 aromatic rings. The monoisotopic (exact) mass is 303 g/mol. The minimum Gasteiger partial charge on any atom is -0.378 e. The summed E-state index contributed by atoms with van der Waals surface area (Å²) in [5.74, 6) is -0.335. The molecule has 0 atom stereocenters. The van der Waals surface area contributed by atoms with Gasteiger partial charge in [-0.05, 0) is 43.7 Å². The smallest absolute Gasteiger partial charge is 0.150 e. The molecule has 4 heteroatoms. The molecule has 0 aliphatic heterocycles. The average Bonchev–Trinajstić information content (AvgIpc) is 2.26. The normalized spacial score (nSPS) is 24.7. The van der Waals surface area contributed by atoms with Crippen molar-refractivity contribution in [3.8, 4) is 0 Å². The Balaban J connectivity index is 2.08. The lowest BCUT2D eigenvalue weighted by Gasteiger charge is -2.28. The Kier molecular flexibility index (Phi) is 4.02. The number of anilines is 1. The van der Waals surface area contributed by atoms with Crippen LogP contribution in [0.15, 0.2) is 16.6 Å². The fourth-order valence-electron chi connectivity index (χ4n) is 2.29. The molecule has 1 aliphatic rings. The van der Waals surface area contributed by atoms with Crippen LogP contribution in [-0.2, 0) is 0 Å². The Hall–Kier alpha value is -0.640. The van der Waals surface area contributed by atoms with Crippen LogP contribution < -0.4 is 5.32 Å². The lowest BCUT2D eigenvalue weighted by molar-refractivity contribution is 0.359. The van der Waals surface area contributed by atoms with E-state index in [0.717, 1.165) is 31.6 Å². The van der Waals surface area contributed by atoms with Gasteiger partial charge < -0.3 is 5.32 Å². The molecule has 0 aromatic heterocycles. The van der Waals surface area contributed by atoms with E-state index in [9.17, 15) is 8.78 Å². The van der Waals surface area contributed by atoms with Gasteiger partial charge in [0.25, 0.3) is 0 Å². The zero-order valence-corrected chi connectivity index (χ0v) is 11.4. The molecule has 0 spiro atoms. The Bertz CT molecular complexity index is 377. The van der Waals surface area contributed by atoms with E-state index in [4.69, 9.17) is 0 Å². The molecule has 0 amide bonds. The second-order valence-corrected chi connectivity index (χ2v) is 5.76. The molecule has 0 saturated heterocycles. The van der Waals surface area contributed by atoms with Gasteiger partial charge in [0.1, 0.15) is 17.3 Å². The van der Waals surface area contributed by atoms with E-state index >= 15 is 0 Å². The molecule has 17 heavy (non-hydrogen) atoms. The van der Waals surface area contributed by atoms with Crippen molar-refractivity contribution in [1.29, 1.82) is 0 Å². The minimum absolute atomic E-state index is 0.00718. The molecule has 0 unspecified atom stereocenters. The van der Waals surface area contributed by atoms with Crippen LogP contribution in [-0.4, -0.2) is 6.04 Å². The quantitative estimate of drug-likeness (QED) is 0.834. The summed E-state index contributed by atoms with van der Waals surface area (Å²) in [6.07, 6.45) is 4.21. The van der Waals surface area contributed by atoms with Gasteiger partial charge in [0.15, 0.2) is 0 Å². The van der Waals surface area contributed by atoms with Crippen molar-refractivity contribution in [3.63, 3.8) is 0 Å². The van der Waals surface area contributed by atoms with Gasteiger partial charge in [-0.15, -0.1) is 0 Å².